The molecule has 164 valence electrons. The van der Waals surface area contributed by atoms with Crippen LogP contribution in [0.4, 0.5) is 0 Å². The predicted molar refractivity (Wildman–Crippen MR) is 117 cm³/mol. The number of hydrogen-bond donors (Lipinski definition) is 3. The summed E-state index contributed by atoms with van der Waals surface area (Å²) in [7, 11) is 1.53. The normalized spacial score (nSPS) is 12.0. The van der Waals surface area contributed by atoms with E-state index in [9.17, 15) is 19.5 Å². The number of furan rings is 1. The topological polar surface area (TPSA) is 118 Å². The van der Waals surface area contributed by atoms with Crippen molar-refractivity contribution in [3.63, 3.8) is 0 Å². The molecule has 1 atom stereocenters. The van der Waals surface area contributed by atoms with Gasteiger partial charge in [0.1, 0.15) is 17.5 Å². The highest BCUT2D eigenvalue weighted by Crippen LogP contribution is 2.14. The molecule has 0 bridgehead atoms. The molecule has 2 amide bonds. The minimum Gasteiger partial charge on any atom is -0.497 e. The first-order chi connectivity index (χ1) is 15.5. The molecule has 3 N–H and O–H groups in total. The largest absolute Gasteiger partial charge is 0.497 e. The van der Waals surface area contributed by atoms with Crippen LogP contribution in [-0.4, -0.2) is 36.0 Å². The van der Waals surface area contributed by atoms with Gasteiger partial charge in [0.2, 0.25) is 0 Å². The van der Waals surface area contributed by atoms with Crippen molar-refractivity contribution in [3.8, 4) is 5.75 Å². The Hall–Kier alpha value is -4.33. The Bertz CT molecular complexity index is 1090. The van der Waals surface area contributed by atoms with Crippen molar-refractivity contribution in [2.45, 2.75) is 12.5 Å². The van der Waals surface area contributed by atoms with E-state index in [1.165, 1.54) is 25.5 Å². The second-order valence-corrected chi connectivity index (χ2v) is 6.82. The Labute approximate surface area is 184 Å². The highest BCUT2D eigenvalue weighted by atomic mass is 16.5. The summed E-state index contributed by atoms with van der Waals surface area (Å²) in [5.74, 6) is -1.94. The van der Waals surface area contributed by atoms with Crippen LogP contribution >= 0.6 is 0 Å². The van der Waals surface area contributed by atoms with Gasteiger partial charge in [0, 0.05) is 6.42 Å². The lowest BCUT2D eigenvalue weighted by atomic mass is 10.1. The molecular formula is C24H22N2O6. The monoisotopic (exact) mass is 434 g/mol. The van der Waals surface area contributed by atoms with E-state index in [-0.39, 0.29) is 17.9 Å². The number of rotatable bonds is 9. The standard InChI is InChI=1S/C24H22N2O6/c1-31-18-11-9-17(10-12-18)14-19(25-23(28)21-8-5-13-32-21)22(27)26-20(24(29)30)15-16-6-3-2-4-7-16/h2-14,20H,15H2,1H3,(H,25,28)(H,26,27)(H,29,30)/b19-14-/t20-/m1/s1. The summed E-state index contributed by atoms with van der Waals surface area (Å²) in [5.41, 5.74) is 1.22. The van der Waals surface area contributed by atoms with Gasteiger partial charge in [-0.05, 0) is 41.5 Å². The molecule has 0 fully saturated rings. The summed E-state index contributed by atoms with van der Waals surface area (Å²) < 4.78 is 10.2. The molecular weight excluding hydrogens is 412 g/mol. The summed E-state index contributed by atoms with van der Waals surface area (Å²) in [6.45, 7) is 0. The molecule has 0 aliphatic rings. The zero-order valence-corrected chi connectivity index (χ0v) is 17.3. The second kappa shape index (κ2) is 10.6. The van der Waals surface area contributed by atoms with Crippen LogP contribution in [0.3, 0.4) is 0 Å². The Morgan fingerprint density at radius 1 is 1.03 bits per heavy atom. The number of hydrogen-bond acceptors (Lipinski definition) is 5. The molecule has 3 rings (SSSR count). The lowest BCUT2D eigenvalue weighted by Crippen LogP contribution is -2.45. The second-order valence-electron chi connectivity index (χ2n) is 6.82. The molecule has 1 heterocycles. The van der Waals surface area contributed by atoms with Crippen LogP contribution in [0.2, 0.25) is 0 Å². The molecule has 2 aromatic carbocycles. The molecule has 0 spiro atoms. The Morgan fingerprint density at radius 3 is 2.34 bits per heavy atom. The molecule has 0 radical (unpaired) electrons. The van der Waals surface area contributed by atoms with E-state index in [2.05, 4.69) is 10.6 Å². The average molecular weight is 434 g/mol. The van der Waals surface area contributed by atoms with Crippen molar-refractivity contribution >= 4 is 23.9 Å². The van der Waals surface area contributed by atoms with E-state index in [4.69, 9.17) is 9.15 Å². The molecule has 0 aliphatic heterocycles. The van der Waals surface area contributed by atoms with Gasteiger partial charge in [-0.1, -0.05) is 42.5 Å². The quantitative estimate of drug-likeness (QED) is 0.446. The zero-order chi connectivity index (χ0) is 22.9. The summed E-state index contributed by atoms with van der Waals surface area (Å²) in [4.78, 5) is 37.2. The fourth-order valence-electron chi connectivity index (χ4n) is 2.90. The number of benzene rings is 2. The highest BCUT2D eigenvalue weighted by molar-refractivity contribution is 6.05. The third-order valence-corrected chi connectivity index (χ3v) is 4.55. The lowest BCUT2D eigenvalue weighted by molar-refractivity contribution is -0.141. The fourth-order valence-corrected chi connectivity index (χ4v) is 2.90. The smallest absolute Gasteiger partial charge is 0.326 e. The molecule has 8 heteroatoms. The van der Waals surface area contributed by atoms with E-state index in [0.717, 1.165) is 5.56 Å². The van der Waals surface area contributed by atoms with Crippen LogP contribution in [0, 0.1) is 0 Å². The van der Waals surface area contributed by atoms with Gasteiger partial charge in [-0.25, -0.2) is 4.79 Å². The van der Waals surface area contributed by atoms with Crippen LogP contribution in [0.15, 0.2) is 83.1 Å². The van der Waals surface area contributed by atoms with Crippen molar-refractivity contribution in [2.75, 3.05) is 7.11 Å². The van der Waals surface area contributed by atoms with Gasteiger partial charge in [-0.15, -0.1) is 0 Å². The number of amides is 2. The molecule has 0 saturated heterocycles. The number of carbonyl (C=O) groups is 3. The molecule has 0 aliphatic carbocycles. The third-order valence-electron chi connectivity index (χ3n) is 4.55. The number of carbonyl (C=O) groups excluding carboxylic acids is 2. The van der Waals surface area contributed by atoms with Crippen molar-refractivity contribution in [1.29, 1.82) is 0 Å². The maximum atomic E-state index is 13.0. The number of nitrogens with one attached hydrogen (secondary N) is 2. The van der Waals surface area contributed by atoms with Crippen LogP contribution in [0.25, 0.3) is 6.08 Å². The van der Waals surface area contributed by atoms with Crippen molar-refractivity contribution in [2.24, 2.45) is 0 Å². The molecule has 3 aromatic rings. The number of carboxylic acid groups (broad SMARTS) is 1. The van der Waals surface area contributed by atoms with E-state index in [0.29, 0.717) is 11.3 Å². The van der Waals surface area contributed by atoms with Gasteiger partial charge in [0.15, 0.2) is 5.76 Å². The minimum atomic E-state index is -1.19. The minimum absolute atomic E-state index is 0.0116. The number of carboxylic acids is 1. The first kappa shape index (κ1) is 22.4. The maximum Gasteiger partial charge on any atom is 0.326 e. The summed E-state index contributed by atoms with van der Waals surface area (Å²) in [6, 6.07) is 17.5. The summed E-state index contributed by atoms with van der Waals surface area (Å²) in [5, 5.41) is 14.6. The number of methoxy groups -OCH3 is 1. The first-order valence-electron chi connectivity index (χ1n) is 9.74. The van der Waals surface area contributed by atoms with Crippen molar-refractivity contribution < 1.29 is 28.6 Å². The maximum absolute atomic E-state index is 13.0. The summed E-state index contributed by atoms with van der Waals surface area (Å²) in [6.07, 6.45) is 2.86. The number of ether oxygens (including phenoxy) is 1. The fraction of sp³-hybridized carbons (Fsp3) is 0.125. The average Bonchev–Trinajstić information content (AvgIpc) is 3.34. The van der Waals surface area contributed by atoms with Gasteiger partial charge in [-0.2, -0.15) is 0 Å². The van der Waals surface area contributed by atoms with Gasteiger partial charge in [0.05, 0.1) is 13.4 Å². The lowest BCUT2D eigenvalue weighted by Gasteiger charge is -2.16. The first-order valence-corrected chi connectivity index (χ1v) is 9.74. The zero-order valence-electron chi connectivity index (χ0n) is 17.3. The molecule has 0 saturated carbocycles. The molecule has 1 aromatic heterocycles. The van der Waals surface area contributed by atoms with Gasteiger partial charge in [0.25, 0.3) is 11.8 Å². The van der Waals surface area contributed by atoms with E-state index < -0.39 is 23.8 Å². The van der Waals surface area contributed by atoms with E-state index in [1.807, 2.05) is 6.07 Å². The Kier molecular flexibility index (Phi) is 7.42. The highest BCUT2D eigenvalue weighted by Gasteiger charge is 2.24. The van der Waals surface area contributed by atoms with Crippen molar-refractivity contribution in [3.05, 3.63) is 95.6 Å². The predicted octanol–water partition coefficient (Wildman–Crippen LogP) is 2.87. The Balaban J connectivity index is 1.84. The van der Waals surface area contributed by atoms with Gasteiger partial charge >= 0.3 is 5.97 Å². The molecule has 8 nitrogen and oxygen atoms in total. The SMILES string of the molecule is COc1ccc(/C=C(\NC(=O)c2ccco2)C(=O)N[C@H](Cc2ccccc2)C(=O)O)cc1. The van der Waals surface area contributed by atoms with Crippen molar-refractivity contribution in [1.82, 2.24) is 10.6 Å². The van der Waals surface area contributed by atoms with Crippen LogP contribution in [-0.2, 0) is 16.0 Å². The van der Waals surface area contributed by atoms with Crippen LogP contribution in [0.1, 0.15) is 21.7 Å². The number of aliphatic carboxylic acids is 1. The van der Waals surface area contributed by atoms with Crippen LogP contribution in [0.5, 0.6) is 5.75 Å². The van der Waals surface area contributed by atoms with Crippen LogP contribution < -0.4 is 15.4 Å². The Morgan fingerprint density at radius 2 is 1.75 bits per heavy atom. The van der Waals surface area contributed by atoms with Gasteiger partial charge < -0.3 is 24.9 Å². The molecule has 0 unspecified atom stereocenters. The summed E-state index contributed by atoms with van der Waals surface area (Å²) >= 11 is 0. The van der Waals surface area contributed by atoms with E-state index >= 15 is 0 Å². The van der Waals surface area contributed by atoms with Gasteiger partial charge in [-0.3, -0.25) is 9.59 Å². The van der Waals surface area contributed by atoms with E-state index in [1.54, 1.807) is 54.6 Å². The third kappa shape index (κ3) is 6.09. The molecule has 32 heavy (non-hydrogen) atoms.